The summed E-state index contributed by atoms with van der Waals surface area (Å²) in [4.78, 5) is 0. The maximum Gasteiger partial charge on any atom is 0.0249 e. The van der Waals surface area contributed by atoms with Gasteiger partial charge in [0.2, 0.25) is 0 Å². The quantitative estimate of drug-likeness (QED) is 0.739. The molecule has 0 saturated carbocycles. The fourth-order valence-corrected chi connectivity index (χ4v) is 3.60. The van der Waals surface area contributed by atoms with Gasteiger partial charge in [0.15, 0.2) is 0 Å². The summed E-state index contributed by atoms with van der Waals surface area (Å²) in [5.41, 5.74) is 6.08. The smallest absolute Gasteiger partial charge is 0.0249 e. The van der Waals surface area contributed by atoms with Crippen LogP contribution < -0.4 is 5.32 Å². The maximum atomic E-state index is 3.72. The van der Waals surface area contributed by atoms with Crippen LogP contribution >= 0.6 is 0 Å². The second kappa shape index (κ2) is 3.96. The molecule has 2 unspecified atom stereocenters. The van der Waals surface area contributed by atoms with Crippen LogP contribution in [0.1, 0.15) is 34.6 Å². The summed E-state index contributed by atoms with van der Waals surface area (Å²) in [5, 5.41) is 3.72. The van der Waals surface area contributed by atoms with Crippen molar-refractivity contribution in [3.05, 3.63) is 70.8 Å². The number of hydrogen-bond acceptors (Lipinski definition) is 1. The van der Waals surface area contributed by atoms with E-state index in [1.807, 2.05) is 0 Å². The second-order valence-corrected chi connectivity index (χ2v) is 5.40. The Balaban J connectivity index is 1.91. The predicted molar refractivity (Wildman–Crippen MR) is 73.7 cm³/mol. The van der Waals surface area contributed by atoms with Gasteiger partial charge >= 0.3 is 0 Å². The third-order valence-corrected chi connectivity index (χ3v) is 4.46. The van der Waals surface area contributed by atoms with Crippen molar-refractivity contribution >= 4 is 0 Å². The van der Waals surface area contributed by atoms with E-state index in [0.29, 0.717) is 12.0 Å². The molecule has 1 heterocycles. The highest BCUT2D eigenvalue weighted by Crippen LogP contribution is 2.40. The summed E-state index contributed by atoms with van der Waals surface area (Å²) in [6.45, 7) is 1.03. The normalized spacial score (nSPS) is 24.9. The molecular weight excluding hydrogens is 218 g/mol. The highest BCUT2D eigenvalue weighted by Gasteiger charge is 2.34. The first-order chi connectivity index (χ1) is 8.93. The standard InChI is InChI=1S/C17H17N/c1-3-7-14-12(5-1)9-10-16-17(14)15-8-4-2-6-13(15)11-18-16/h1-8,16-18H,9-11H2. The Morgan fingerprint density at radius 2 is 1.50 bits per heavy atom. The zero-order valence-electron chi connectivity index (χ0n) is 10.4. The average Bonchev–Trinajstić information content (AvgIpc) is 2.46. The van der Waals surface area contributed by atoms with Crippen molar-refractivity contribution in [2.24, 2.45) is 0 Å². The first-order valence-corrected chi connectivity index (χ1v) is 6.82. The Morgan fingerprint density at radius 1 is 0.833 bits per heavy atom. The first-order valence-electron chi connectivity index (χ1n) is 6.82. The van der Waals surface area contributed by atoms with Crippen LogP contribution in [0.3, 0.4) is 0 Å². The molecule has 0 spiro atoms. The third kappa shape index (κ3) is 1.44. The van der Waals surface area contributed by atoms with Crippen molar-refractivity contribution in [1.29, 1.82) is 0 Å². The van der Waals surface area contributed by atoms with Crippen LogP contribution in [0.5, 0.6) is 0 Å². The Kier molecular flexibility index (Phi) is 2.27. The van der Waals surface area contributed by atoms with Crippen LogP contribution in [0, 0.1) is 0 Å². The first kappa shape index (κ1) is 10.3. The lowest BCUT2D eigenvalue weighted by molar-refractivity contribution is 0.394. The molecule has 2 atom stereocenters. The Hall–Kier alpha value is -1.60. The number of nitrogens with one attached hydrogen (secondary N) is 1. The number of benzene rings is 2. The summed E-state index contributed by atoms with van der Waals surface area (Å²) >= 11 is 0. The molecule has 1 aliphatic carbocycles. The van der Waals surface area contributed by atoms with Gasteiger partial charge in [0.05, 0.1) is 0 Å². The fourth-order valence-electron chi connectivity index (χ4n) is 3.60. The van der Waals surface area contributed by atoms with E-state index >= 15 is 0 Å². The lowest BCUT2D eigenvalue weighted by Crippen LogP contribution is -2.42. The van der Waals surface area contributed by atoms with E-state index in [1.54, 1.807) is 0 Å². The number of hydrogen-bond donors (Lipinski definition) is 1. The Bertz CT molecular complexity index is 536. The molecule has 0 aromatic heterocycles. The molecular formula is C17H17N. The van der Waals surface area contributed by atoms with Gasteiger partial charge < -0.3 is 5.32 Å². The van der Waals surface area contributed by atoms with E-state index in [9.17, 15) is 0 Å². The van der Waals surface area contributed by atoms with Crippen LogP contribution in [0.4, 0.5) is 0 Å². The molecule has 18 heavy (non-hydrogen) atoms. The van der Waals surface area contributed by atoms with Gasteiger partial charge in [-0.1, -0.05) is 48.5 Å². The molecule has 4 rings (SSSR count). The van der Waals surface area contributed by atoms with E-state index in [4.69, 9.17) is 0 Å². The SMILES string of the molecule is c1ccc2c(c1)CCC1NCc3ccccc3C21. The zero-order valence-corrected chi connectivity index (χ0v) is 10.4. The molecule has 1 N–H and O–H groups in total. The van der Waals surface area contributed by atoms with Gasteiger partial charge in [-0.05, 0) is 35.1 Å². The molecule has 0 radical (unpaired) electrons. The number of rotatable bonds is 0. The van der Waals surface area contributed by atoms with Gasteiger partial charge in [-0.2, -0.15) is 0 Å². The summed E-state index contributed by atoms with van der Waals surface area (Å²) < 4.78 is 0. The molecule has 2 aromatic carbocycles. The molecule has 0 fully saturated rings. The lowest BCUT2D eigenvalue weighted by Gasteiger charge is -2.39. The molecule has 0 amide bonds. The number of aryl methyl sites for hydroxylation is 1. The summed E-state index contributed by atoms with van der Waals surface area (Å²) in [7, 11) is 0. The molecule has 1 aliphatic heterocycles. The summed E-state index contributed by atoms with van der Waals surface area (Å²) in [6, 6.07) is 18.5. The van der Waals surface area contributed by atoms with Gasteiger partial charge in [0, 0.05) is 18.5 Å². The number of fused-ring (bicyclic) bond motifs is 5. The second-order valence-electron chi connectivity index (χ2n) is 5.40. The van der Waals surface area contributed by atoms with E-state index in [0.717, 1.165) is 6.54 Å². The summed E-state index contributed by atoms with van der Waals surface area (Å²) in [5.74, 6) is 0.555. The molecule has 1 nitrogen and oxygen atoms in total. The largest absolute Gasteiger partial charge is 0.309 e. The van der Waals surface area contributed by atoms with Crippen LogP contribution in [-0.4, -0.2) is 6.04 Å². The van der Waals surface area contributed by atoms with E-state index in [2.05, 4.69) is 53.8 Å². The minimum Gasteiger partial charge on any atom is -0.309 e. The lowest BCUT2D eigenvalue weighted by atomic mass is 9.72. The minimum absolute atomic E-state index is 0.555. The highest BCUT2D eigenvalue weighted by atomic mass is 14.9. The third-order valence-electron chi connectivity index (χ3n) is 4.46. The van der Waals surface area contributed by atoms with Crippen LogP contribution in [0.15, 0.2) is 48.5 Å². The molecule has 2 aliphatic rings. The highest BCUT2D eigenvalue weighted by molar-refractivity contribution is 5.46. The summed E-state index contributed by atoms with van der Waals surface area (Å²) in [6.07, 6.45) is 2.47. The zero-order chi connectivity index (χ0) is 11.9. The minimum atomic E-state index is 0.555. The van der Waals surface area contributed by atoms with Crippen molar-refractivity contribution < 1.29 is 0 Å². The van der Waals surface area contributed by atoms with Gasteiger partial charge in [-0.3, -0.25) is 0 Å². The fraction of sp³-hybridized carbons (Fsp3) is 0.294. The van der Waals surface area contributed by atoms with Gasteiger partial charge in [-0.25, -0.2) is 0 Å². The topological polar surface area (TPSA) is 12.0 Å². The van der Waals surface area contributed by atoms with Crippen molar-refractivity contribution in [1.82, 2.24) is 5.32 Å². The molecule has 0 saturated heterocycles. The van der Waals surface area contributed by atoms with Crippen molar-refractivity contribution in [3.63, 3.8) is 0 Å². The van der Waals surface area contributed by atoms with Crippen LogP contribution in [-0.2, 0) is 13.0 Å². The average molecular weight is 235 g/mol. The van der Waals surface area contributed by atoms with E-state index < -0.39 is 0 Å². The predicted octanol–water partition coefficient (Wildman–Crippen LogP) is 3.24. The van der Waals surface area contributed by atoms with Crippen molar-refractivity contribution in [2.45, 2.75) is 31.3 Å². The van der Waals surface area contributed by atoms with E-state index in [1.165, 1.54) is 35.1 Å². The van der Waals surface area contributed by atoms with Gasteiger partial charge in [0.25, 0.3) is 0 Å². The van der Waals surface area contributed by atoms with Crippen LogP contribution in [0.25, 0.3) is 0 Å². The van der Waals surface area contributed by atoms with Crippen molar-refractivity contribution in [3.8, 4) is 0 Å². The van der Waals surface area contributed by atoms with Crippen molar-refractivity contribution in [2.75, 3.05) is 0 Å². The molecule has 1 heteroatoms. The van der Waals surface area contributed by atoms with E-state index in [-0.39, 0.29) is 0 Å². The molecule has 90 valence electrons. The molecule has 2 aromatic rings. The maximum absolute atomic E-state index is 3.72. The van der Waals surface area contributed by atoms with Gasteiger partial charge in [0.1, 0.15) is 0 Å². The van der Waals surface area contributed by atoms with Crippen LogP contribution in [0.2, 0.25) is 0 Å². The monoisotopic (exact) mass is 235 g/mol. The van der Waals surface area contributed by atoms with Gasteiger partial charge in [-0.15, -0.1) is 0 Å². The molecule has 0 bridgehead atoms. The Morgan fingerprint density at radius 3 is 2.33 bits per heavy atom. The Labute approximate surface area is 108 Å².